The van der Waals surface area contributed by atoms with Crippen molar-refractivity contribution in [1.82, 2.24) is 29.8 Å². The highest BCUT2D eigenvalue weighted by molar-refractivity contribution is 5.76. The van der Waals surface area contributed by atoms with Crippen LogP contribution in [0.1, 0.15) is 35.8 Å². The summed E-state index contributed by atoms with van der Waals surface area (Å²) in [5, 5.41) is 16.2. The summed E-state index contributed by atoms with van der Waals surface area (Å²) in [5.41, 5.74) is 6.10. The standard InChI is InChI=1S/C17H17N7/c1-10-20-13-5-2-11(6-15(13)21-10)8-18-16-7-14(12-3-4-12)23-24-9-19-22-17(16)24/h2,5-7,9,12,18H,3-4,8H2,1H3,(H,20,21). The number of hydrogen-bond donors (Lipinski definition) is 2. The van der Waals surface area contributed by atoms with E-state index in [0.29, 0.717) is 12.5 Å². The second kappa shape index (κ2) is 5.02. The molecule has 1 aliphatic rings. The van der Waals surface area contributed by atoms with E-state index in [9.17, 15) is 0 Å². The zero-order chi connectivity index (χ0) is 16.1. The smallest absolute Gasteiger partial charge is 0.200 e. The largest absolute Gasteiger partial charge is 0.378 e. The predicted molar refractivity (Wildman–Crippen MR) is 90.9 cm³/mol. The highest BCUT2D eigenvalue weighted by Gasteiger charge is 2.26. The van der Waals surface area contributed by atoms with Crippen LogP contribution in [0.4, 0.5) is 5.69 Å². The van der Waals surface area contributed by atoms with E-state index in [1.807, 2.05) is 13.0 Å². The van der Waals surface area contributed by atoms with E-state index in [4.69, 9.17) is 0 Å². The molecule has 7 heteroatoms. The van der Waals surface area contributed by atoms with Gasteiger partial charge in [-0.1, -0.05) is 6.07 Å². The van der Waals surface area contributed by atoms with E-state index in [-0.39, 0.29) is 0 Å². The maximum absolute atomic E-state index is 4.59. The molecule has 0 aliphatic heterocycles. The molecule has 0 spiro atoms. The lowest BCUT2D eigenvalue weighted by molar-refractivity contribution is 0.850. The summed E-state index contributed by atoms with van der Waals surface area (Å²) in [6, 6.07) is 8.39. The van der Waals surface area contributed by atoms with Gasteiger partial charge in [-0.15, -0.1) is 10.2 Å². The van der Waals surface area contributed by atoms with Gasteiger partial charge in [0.05, 0.1) is 22.4 Å². The van der Waals surface area contributed by atoms with E-state index in [2.05, 4.69) is 48.8 Å². The average Bonchev–Trinajstić information content (AvgIpc) is 3.20. The lowest BCUT2D eigenvalue weighted by atomic mass is 10.2. The van der Waals surface area contributed by atoms with Crippen molar-refractivity contribution in [3.05, 3.63) is 47.7 Å². The zero-order valence-electron chi connectivity index (χ0n) is 13.3. The van der Waals surface area contributed by atoms with Crippen LogP contribution in [0.25, 0.3) is 16.7 Å². The van der Waals surface area contributed by atoms with Gasteiger partial charge in [0.15, 0.2) is 0 Å². The molecule has 0 unspecified atom stereocenters. The van der Waals surface area contributed by atoms with E-state index < -0.39 is 0 Å². The zero-order valence-corrected chi connectivity index (χ0v) is 13.3. The van der Waals surface area contributed by atoms with Crippen LogP contribution in [-0.4, -0.2) is 29.8 Å². The monoisotopic (exact) mass is 319 g/mol. The van der Waals surface area contributed by atoms with Crippen LogP contribution in [-0.2, 0) is 6.54 Å². The second-order valence-electron chi connectivity index (χ2n) is 6.38. The van der Waals surface area contributed by atoms with Crippen LogP contribution in [0.15, 0.2) is 30.6 Å². The molecule has 0 bridgehead atoms. The Balaban J connectivity index is 1.45. The number of imidazole rings is 1. The summed E-state index contributed by atoms with van der Waals surface area (Å²) in [5.74, 6) is 1.52. The maximum Gasteiger partial charge on any atom is 0.200 e. The number of hydrogen-bond acceptors (Lipinski definition) is 5. The number of anilines is 1. The number of nitrogens with one attached hydrogen (secondary N) is 2. The Bertz CT molecular complexity index is 1040. The third-order valence-corrected chi connectivity index (χ3v) is 4.43. The number of aromatic nitrogens is 6. The first-order valence-corrected chi connectivity index (χ1v) is 8.16. The Morgan fingerprint density at radius 2 is 2.21 bits per heavy atom. The molecule has 0 radical (unpaired) electrons. The third-order valence-electron chi connectivity index (χ3n) is 4.43. The summed E-state index contributed by atoms with van der Waals surface area (Å²) in [4.78, 5) is 7.72. The van der Waals surface area contributed by atoms with Crippen LogP contribution in [0, 0.1) is 6.92 Å². The fourth-order valence-electron chi connectivity index (χ4n) is 3.05. The maximum atomic E-state index is 4.59. The predicted octanol–water partition coefficient (Wildman–Crippen LogP) is 2.80. The topological polar surface area (TPSA) is 83.8 Å². The average molecular weight is 319 g/mol. The lowest BCUT2D eigenvalue weighted by Crippen LogP contribution is -2.05. The van der Waals surface area contributed by atoms with Crippen molar-refractivity contribution in [2.24, 2.45) is 0 Å². The second-order valence-corrected chi connectivity index (χ2v) is 6.38. The number of aryl methyl sites for hydroxylation is 1. The highest BCUT2D eigenvalue weighted by Crippen LogP contribution is 2.39. The Kier molecular flexibility index (Phi) is 2.82. The molecular weight excluding hydrogens is 302 g/mol. The van der Waals surface area contributed by atoms with Gasteiger partial charge in [0.2, 0.25) is 5.65 Å². The number of nitrogens with zero attached hydrogens (tertiary/aromatic N) is 5. The summed E-state index contributed by atoms with van der Waals surface area (Å²) >= 11 is 0. The van der Waals surface area contributed by atoms with Gasteiger partial charge in [0.25, 0.3) is 0 Å². The molecule has 0 amide bonds. The van der Waals surface area contributed by atoms with Crippen molar-refractivity contribution in [2.75, 3.05) is 5.32 Å². The van der Waals surface area contributed by atoms with Crippen molar-refractivity contribution in [1.29, 1.82) is 0 Å². The highest BCUT2D eigenvalue weighted by atomic mass is 15.3. The Hall–Kier alpha value is -2.96. The summed E-state index contributed by atoms with van der Waals surface area (Å²) in [7, 11) is 0. The fourth-order valence-corrected chi connectivity index (χ4v) is 3.05. The lowest BCUT2D eigenvalue weighted by Gasteiger charge is -2.09. The molecule has 7 nitrogen and oxygen atoms in total. The quantitative estimate of drug-likeness (QED) is 0.604. The minimum Gasteiger partial charge on any atom is -0.378 e. The number of rotatable bonds is 4. The van der Waals surface area contributed by atoms with Gasteiger partial charge in [0, 0.05) is 12.5 Å². The molecule has 3 heterocycles. The first-order valence-electron chi connectivity index (χ1n) is 8.16. The molecular formula is C17H17N7. The molecule has 120 valence electrons. The number of benzene rings is 1. The minimum absolute atomic E-state index is 0.585. The van der Waals surface area contributed by atoms with Crippen molar-refractivity contribution >= 4 is 22.4 Å². The number of H-pyrrole nitrogens is 1. The van der Waals surface area contributed by atoms with Gasteiger partial charge >= 0.3 is 0 Å². The molecule has 0 atom stereocenters. The fraction of sp³-hybridized carbons (Fsp3) is 0.294. The van der Waals surface area contributed by atoms with Gasteiger partial charge in [-0.3, -0.25) is 0 Å². The molecule has 3 aromatic heterocycles. The number of fused-ring (bicyclic) bond motifs is 2. The van der Waals surface area contributed by atoms with Crippen LogP contribution in [0.3, 0.4) is 0 Å². The summed E-state index contributed by atoms with van der Waals surface area (Å²) in [6.45, 7) is 2.68. The molecule has 1 aromatic carbocycles. The molecule has 4 aromatic rings. The number of aromatic amines is 1. The van der Waals surface area contributed by atoms with Crippen LogP contribution in [0.2, 0.25) is 0 Å². The van der Waals surface area contributed by atoms with E-state index in [1.165, 1.54) is 18.4 Å². The first kappa shape index (κ1) is 13.5. The van der Waals surface area contributed by atoms with E-state index in [1.54, 1.807) is 10.8 Å². The molecule has 24 heavy (non-hydrogen) atoms. The summed E-state index contributed by atoms with van der Waals surface area (Å²) < 4.78 is 1.76. The van der Waals surface area contributed by atoms with Crippen molar-refractivity contribution in [2.45, 2.75) is 32.2 Å². The minimum atomic E-state index is 0.585. The molecule has 1 saturated carbocycles. The SMILES string of the molecule is Cc1nc2ccc(CNc3cc(C4CC4)nn4cnnc34)cc2[nH]1. The molecule has 5 rings (SSSR count). The molecule has 0 saturated heterocycles. The van der Waals surface area contributed by atoms with Crippen LogP contribution < -0.4 is 5.32 Å². The molecule has 1 fully saturated rings. The van der Waals surface area contributed by atoms with Gasteiger partial charge in [-0.25, -0.2) is 4.98 Å². The third kappa shape index (κ3) is 2.29. The van der Waals surface area contributed by atoms with Crippen LogP contribution >= 0.6 is 0 Å². The Labute approximate surface area is 138 Å². The van der Waals surface area contributed by atoms with Crippen molar-refractivity contribution in [3.8, 4) is 0 Å². The van der Waals surface area contributed by atoms with Gasteiger partial charge in [-0.05, 0) is 43.5 Å². The van der Waals surface area contributed by atoms with E-state index >= 15 is 0 Å². The van der Waals surface area contributed by atoms with E-state index in [0.717, 1.165) is 33.9 Å². The van der Waals surface area contributed by atoms with Gasteiger partial charge < -0.3 is 10.3 Å². The Morgan fingerprint density at radius 3 is 3.08 bits per heavy atom. The van der Waals surface area contributed by atoms with Crippen molar-refractivity contribution in [3.63, 3.8) is 0 Å². The molecule has 1 aliphatic carbocycles. The van der Waals surface area contributed by atoms with Crippen molar-refractivity contribution < 1.29 is 0 Å². The normalized spacial score (nSPS) is 14.5. The van der Waals surface area contributed by atoms with Crippen LogP contribution in [0.5, 0.6) is 0 Å². The molecule has 2 N–H and O–H groups in total. The van der Waals surface area contributed by atoms with Gasteiger partial charge in [-0.2, -0.15) is 9.61 Å². The summed E-state index contributed by atoms with van der Waals surface area (Å²) in [6.07, 6.45) is 4.09. The Morgan fingerprint density at radius 1 is 1.29 bits per heavy atom. The van der Waals surface area contributed by atoms with Gasteiger partial charge in [0.1, 0.15) is 12.2 Å². The first-order chi connectivity index (χ1) is 11.8.